The summed E-state index contributed by atoms with van der Waals surface area (Å²) < 4.78 is 67.8. The highest BCUT2D eigenvalue weighted by molar-refractivity contribution is 7.47. The molecule has 17 nitrogen and oxygen atoms in total. The Balaban J connectivity index is 5.21. The summed E-state index contributed by atoms with van der Waals surface area (Å²) in [6.45, 7) is 7.13. The fraction of sp³-hybridized carbons (Fsp3) is 0.935. The van der Waals surface area contributed by atoms with Crippen LogP contribution in [0.25, 0.3) is 0 Å². The van der Waals surface area contributed by atoms with E-state index in [-0.39, 0.29) is 25.7 Å². The summed E-state index contributed by atoms with van der Waals surface area (Å²) in [5.41, 5.74) is 0. The van der Waals surface area contributed by atoms with E-state index in [1.807, 2.05) is 0 Å². The van der Waals surface area contributed by atoms with E-state index < -0.39 is 97.5 Å². The summed E-state index contributed by atoms with van der Waals surface area (Å²) >= 11 is 0. The smallest absolute Gasteiger partial charge is 0.462 e. The van der Waals surface area contributed by atoms with Gasteiger partial charge in [0, 0.05) is 25.7 Å². The third kappa shape index (κ3) is 56.9. The maximum absolute atomic E-state index is 13.0. The zero-order chi connectivity index (χ0) is 59.9. The number of hydrogen-bond acceptors (Lipinski definition) is 15. The van der Waals surface area contributed by atoms with Crippen LogP contribution < -0.4 is 0 Å². The first-order valence-electron chi connectivity index (χ1n) is 32.6. The van der Waals surface area contributed by atoms with Gasteiger partial charge in [-0.25, -0.2) is 9.13 Å². The number of aliphatic hydroxyl groups is 1. The molecule has 0 aromatic carbocycles. The van der Waals surface area contributed by atoms with Crippen molar-refractivity contribution < 1.29 is 80.2 Å². The normalized spacial score (nSPS) is 14.3. The average Bonchev–Trinajstić information content (AvgIpc) is 3.43. The Labute approximate surface area is 492 Å². The number of carbonyl (C=O) groups excluding carboxylic acids is 4. The average molecular weight is 1200 g/mol. The molecule has 0 heterocycles. The fourth-order valence-electron chi connectivity index (χ4n) is 9.23. The maximum atomic E-state index is 13.0. The van der Waals surface area contributed by atoms with Crippen LogP contribution in [0.1, 0.15) is 311 Å². The molecule has 0 fully saturated rings. The third-order valence-corrected chi connectivity index (χ3v) is 16.2. The van der Waals surface area contributed by atoms with Crippen molar-refractivity contribution in [1.82, 2.24) is 0 Å². The van der Waals surface area contributed by atoms with Crippen LogP contribution in [0.15, 0.2) is 0 Å². The predicted octanol–water partition coefficient (Wildman–Crippen LogP) is 17.0. The molecule has 0 saturated heterocycles. The van der Waals surface area contributed by atoms with Crippen LogP contribution in [-0.4, -0.2) is 96.7 Å². The molecule has 2 unspecified atom stereocenters. The summed E-state index contributed by atoms with van der Waals surface area (Å²) in [6, 6.07) is 0. The molecule has 0 radical (unpaired) electrons. The second-order valence-electron chi connectivity index (χ2n) is 22.9. The SMILES string of the molecule is CCCCCCCCCCCCCC(=O)OC[C@H](COP(=O)(O)OC[C@@H](O)COP(=O)(O)OC[C@@H](COC(=O)CCCCCCCCCC)OC(=O)CCCCCCCCCC)OC(=O)CCCCCCCCCCCCCC(C)C. The topological polar surface area (TPSA) is 237 Å². The molecule has 3 N–H and O–H groups in total. The quantitative estimate of drug-likeness (QED) is 0.0222. The molecule has 0 aliphatic heterocycles. The van der Waals surface area contributed by atoms with Gasteiger partial charge in [0.15, 0.2) is 12.2 Å². The van der Waals surface area contributed by atoms with Gasteiger partial charge >= 0.3 is 39.5 Å². The summed E-state index contributed by atoms with van der Waals surface area (Å²) in [7, 11) is -9.87. The number of esters is 4. The van der Waals surface area contributed by atoms with Gasteiger partial charge in [-0.3, -0.25) is 37.3 Å². The lowest BCUT2D eigenvalue weighted by molar-refractivity contribution is -0.161. The molecule has 19 heteroatoms. The first kappa shape index (κ1) is 79.1. The number of rotatable bonds is 62. The van der Waals surface area contributed by atoms with Crippen molar-refractivity contribution in [2.45, 2.75) is 329 Å². The van der Waals surface area contributed by atoms with Crippen LogP contribution in [-0.2, 0) is 65.4 Å². The standard InChI is InChI=1S/C62H120O17P2/c1-6-9-12-15-18-21-23-27-32-36-41-46-60(65)73-52-58(79-62(67)48-43-38-33-28-25-22-24-26-29-34-39-44-55(4)5)54-77-81(70,71)75-50-56(63)49-74-80(68,69)76-53-57(78-61(66)47-42-37-31-20-17-14-11-8-3)51-72-59(64)45-40-35-30-19-16-13-10-7-2/h55-58,63H,6-54H2,1-5H3,(H,68,69)(H,70,71)/t56-,57+,58+/m0/s1. The first-order chi connectivity index (χ1) is 39.0. The van der Waals surface area contributed by atoms with Gasteiger partial charge in [0.25, 0.3) is 0 Å². The number of carbonyl (C=O) groups is 4. The van der Waals surface area contributed by atoms with Gasteiger partial charge in [-0.2, -0.15) is 0 Å². The molecule has 5 atom stereocenters. The van der Waals surface area contributed by atoms with Gasteiger partial charge in [-0.1, -0.05) is 259 Å². The van der Waals surface area contributed by atoms with Gasteiger partial charge in [-0.05, 0) is 31.6 Å². The highest BCUT2D eigenvalue weighted by Crippen LogP contribution is 2.45. The van der Waals surface area contributed by atoms with Crippen molar-refractivity contribution in [2.24, 2.45) is 5.92 Å². The van der Waals surface area contributed by atoms with Crippen molar-refractivity contribution in [2.75, 3.05) is 39.6 Å². The van der Waals surface area contributed by atoms with E-state index in [0.29, 0.717) is 25.7 Å². The van der Waals surface area contributed by atoms with Crippen LogP contribution in [0.4, 0.5) is 0 Å². The van der Waals surface area contributed by atoms with Crippen LogP contribution in [0.5, 0.6) is 0 Å². The van der Waals surface area contributed by atoms with Crippen molar-refractivity contribution in [3.63, 3.8) is 0 Å². The van der Waals surface area contributed by atoms with E-state index >= 15 is 0 Å². The van der Waals surface area contributed by atoms with Crippen LogP contribution >= 0.6 is 15.6 Å². The Morgan fingerprint density at radius 3 is 0.840 bits per heavy atom. The largest absolute Gasteiger partial charge is 0.472 e. The van der Waals surface area contributed by atoms with E-state index in [0.717, 1.165) is 109 Å². The monoisotopic (exact) mass is 1200 g/mol. The molecule has 0 amide bonds. The molecule has 0 bridgehead atoms. The lowest BCUT2D eigenvalue weighted by Gasteiger charge is -2.21. The summed E-state index contributed by atoms with van der Waals surface area (Å²) in [5.74, 6) is -1.37. The highest BCUT2D eigenvalue weighted by atomic mass is 31.2. The Morgan fingerprint density at radius 2 is 0.568 bits per heavy atom. The fourth-order valence-corrected chi connectivity index (χ4v) is 10.8. The molecule has 0 aromatic heterocycles. The molecule has 81 heavy (non-hydrogen) atoms. The van der Waals surface area contributed by atoms with E-state index in [4.69, 9.17) is 37.0 Å². The second-order valence-corrected chi connectivity index (χ2v) is 25.8. The van der Waals surface area contributed by atoms with Crippen LogP contribution in [0.3, 0.4) is 0 Å². The van der Waals surface area contributed by atoms with E-state index in [2.05, 4.69) is 34.6 Å². The third-order valence-electron chi connectivity index (χ3n) is 14.3. The van der Waals surface area contributed by atoms with Gasteiger partial charge in [0.1, 0.15) is 19.3 Å². The first-order valence-corrected chi connectivity index (χ1v) is 35.6. The van der Waals surface area contributed by atoms with Crippen molar-refractivity contribution in [1.29, 1.82) is 0 Å². The number of hydrogen-bond donors (Lipinski definition) is 3. The molecule has 0 saturated carbocycles. The van der Waals surface area contributed by atoms with E-state index in [9.17, 15) is 43.2 Å². The molecule has 0 aromatic rings. The summed E-state index contributed by atoms with van der Waals surface area (Å²) in [5, 5.41) is 10.5. The Hall–Kier alpha value is -1.94. The molecular weight excluding hydrogens is 1080 g/mol. The minimum atomic E-state index is -4.94. The summed E-state index contributed by atoms with van der Waals surface area (Å²) in [6.07, 6.45) is 39.0. The zero-order valence-electron chi connectivity index (χ0n) is 51.9. The second kappa shape index (κ2) is 55.9. The molecule has 0 aliphatic rings. The highest BCUT2D eigenvalue weighted by Gasteiger charge is 2.30. The number of phosphoric acid groups is 2. The van der Waals surface area contributed by atoms with Crippen molar-refractivity contribution in [3.8, 4) is 0 Å². The number of phosphoric ester groups is 2. The van der Waals surface area contributed by atoms with Crippen molar-refractivity contribution in [3.05, 3.63) is 0 Å². The molecule has 0 aliphatic carbocycles. The van der Waals surface area contributed by atoms with E-state index in [1.165, 1.54) is 122 Å². The van der Waals surface area contributed by atoms with Gasteiger partial charge in [0.2, 0.25) is 0 Å². The van der Waals surface area contributed by atoms with Gasteiger partial charge in [0.05, 0.1) is 26.4 Å². The van der Waals surface area contributed by atoms with Gasteiger partial charge < -0.3 is 33.8 Å². The van der Waals surface area contributed by atoms with Gasteiger partial charge in [-0.15, -0.1) is 0 Å². The zero-order valence-corrected chi connectivity index (χ0v) is 53.7. The maximum Gasteiger partial charge on any atom is 0.472 e. The lowest BCUT2D eigenvalue weighted by atomic mass is 10.0. The number of ether oxygens (including phenoxy) is 4. The Kier molecular flexibility index (Phi) is 54.6. The van der Waals surface area contributed by atoms with Crippen LogP contribution in [0.2, 0.25) is 0 Å². The lowest BCUT2D eigenvalue weighted by Crippen LogP contribution is -2.30. The minimum Gasteiger partial charge on any atom is -0.462 e. The number of unbranched alkanes of at least 4 members (excludes halogenated alkanes) is 34. The molecule has 0 spiro atoms. The number of aliphatic hydroxyl groups excluding tert-OH is 1. The molecular formula is C62H120O17P2. The molecule has 480 valence electrons. The van der Waals surface area contributed by atoms with Crippen LogP contribution in [0, 0.1) is 5.92 Å². The predicted molar refractivity (Wildman–Crippen MR) is 322 cm³/mol. The molecule has 0 rings (SSSR count). The Morgan fingerprint density at radius 1 is 0.333 bits per heavy atom. The van der Waals surface area contributed by atoms with E-state index in [1.54, 1.807) is 0 Å². The minimum absolute atomic E-state index is 0.105. The summed E-state index contributed by atoms with van der Waals surface area (Å²) in [4.78, 5) is 72.0. The van der Waals surface area contributed by atoms with Crippen molar-refractivity contribution >= 4 is 39.5 Å². The Bertz CT molecular complexity index is 1580.